The molecule has 1 aromatic rings. The van der Waals surface area contributed by atoms with Gasteiger partial charge in [0.25, 0.3) is 0 Å². The molecule has 2 N–H and O–H groups in total. The lowest BCUT2D eigenvalue weighted by atomic mass is 10.2. The fourth-order valence-electron chi connectivity index (χ4n) is 2.18. The third-order valence-corrected chi connectivity index (χ3v) is 3.12. The molecule has 0 radical (unpaired) electrons. The maximum Gasteiger partial charge on any atom is 0.122 e. The molecule has 0 saturated carbocycles. The second kappa shape index (κ2) is 5.33. The van der Waals surface area contributed by atoms with E-state index in [1.54, 1.807) is 6.26 Å². The van der Waals surface area contributed by atoms with Gasteiger partial charge in [-0.1, -0.05) is 12.8 Å². The molecule has 0 spiro atoms. The van der Waals surface area contributed by atoms with Crippen LogP contribution in [-0.2, 0) is 13.1 Å². The van der Waals surface area contributed by atoms with Crippen LogP contribution in [0.5, 0.6) is 0 Å². The van der Waals surface area contributed by atoms with Gasteiger partial charge in [0.15, 0.2) is 0 Å². The highest BCUT2D eigenvalue weighted by molar-refractivity contribution is 5.16. The van der Waals surface area contributed by atoms with E-state index in [4.69, 9.17) is 10.2 Å². The Morgan fingerprint density at radius 3 is 2.60 bits per heavy atom. The zero-order valence-electron chi connectivity index (χ0n) is 9.24. The lowest BCUT2D eigenvalue weighted by molar-refractivity contribution is 0.252. The zero-order chi connectivity index (χ0) is 10.5. The maximum atomic E-state index is 5.65. The first-order chi connectivity index (χ1) is 7.40. The third kappa shape index (κ3) is 2.83. The van der Waals surface area contributed by atoms with Crippen molar-refractivity contribution >= 4 is 0 Å². The van der Waals surface area contributed by atoms with Crippen LogP contribution in [0.2, 0.25) is 0 Å². The normalized spacial score (nSPS) is 19.0. The van der Waals surface area contributed by atoms with Crippen LogP contribution in [0.3, 0.4) is 0 Å². The van der Waals surface area contributed by atoms with Gasteiger partial charge in [-0.15, -0.1) is 0 Å². The molecule has 84 valence electrons. The summed E-state index contributed by atoms with van der Waals surface area (Å²) in [6, 6.07) is 1.98. The van der Waals surface area contributed by atoms with Gasteiger partial charge in [-0.2, -0.15) is 0 Å². The predicted octanol–water partition coefficient (Wildman–Crippen LogP) is 2.11. The molecule has 2 heterocycles. The fraction of sp³-hybridized carbons (Fsp3) is 0.667. The van der Waals surface area contributed by atoms with Crippen molar-refractivity contribution in [1.82, 2.24) is 4.90 Å². The first kappa shape index (κ1) is 10.7. The van der Waals surface area contributed by atoms with E-state index in [1.165, 1.54) is 38.8 Å². The Labute approximate surface area is 91.2 Å². The molecule has 1 aliphatic rings. The molecule has 1 saturated heterocycles. The number of rotatable bonds is 3. The number of furan rings is 1. The summed E-state index contributed by atoms with van der Waals surface area (Å²) in [6.45, 7) is 3.91. The predicted molar refractivity (Wildman–Crippen MR) is 60.3 cm³/mol. The largest absolute Gasteiger partial charge is 0.468 e. The number of hydrogen-bond donors (Lipinski definition) is 1. The van der Waals surface area contributed by atoms with Crippen molar-refractivity contribution in [2.45, 2.75) is 38.8 Å². The fourth-order valence-corrected chi connectivity index (χ4v) is 2.18. The lowest BCUT2D eigenvalue weighted by Gasteiger charge is -2.18. The smallest absolute Gasteiger partial charge is 0.122 e. The molecule has 0 atom stereocenters. The Morgan fingerprint density at radius 1 is 1.20 bits per heavy atom. The van der Waals surface area contributed by atoms with E-state index < -0.39 is 0 Å². The molecule has 0 amide bonds. The van der Waals surface area contributed by atoms with Crippen LogP contribution >= 0.6 is 0 Å². The molecule has 15 heavy (non-hydrogen) atoms. The Hall–Kier alpha value is -0.800. The molecule has 3 heteroatoms. The Balaban J connectivity index is 1.94. The van der Waals surface area contributed by atoms with Gasteiger partial charge in [0.2, 0.25) is 0 Å². The molecular formula is C12H20N2O. The Bertz CT molecular complexity index is 288. The van der Waals surface area contributed by atoms with E-state index in [1.807, 2.05) is 6.07 Å². The summed E-state index contributed by atoms with van der Waals surface area (Å²) in [7, 11) is 0. The van der Waals surface area contributed by atoms with Crippen molar-refractivity contribution in [2.24, 2.45) is 5.73 Å². The third-order valence-electron chi connectivity index (χ3n) is 3.12. The molecule has 0 aliphatic carbocycles. The summed E-state index contributed by atoms with van der Waals surface area (Å²) in [4.78, 5) is 2.48. The molecule has 2 rings (SSSR count). The lowest BCUT2D eigenvalue weighted by Crippen LogP contribution is -2.24. The van der Waals surface area contributed by atoms with Gasteiger partial charge in [-0.3, -0.25) is 4.90 Å². The van der Waals surface area contributed by atoms with Gasteiger partial charge in [0.05, 0.1) is 12.8 Å². The standard InChI is InChI=1S/C12H20N2O/c13-9-11-5-8-15-12(11)10-14-6-3-1-2-4-7-14/h5,8H,1-4,6-7,9-10,13H2. The molecular weight excluding hydrogens is 188 g/mol. The van der Waals surface area contributed by atoms with Crippen LogP contribution in [0.15, 0.2) is 16.7 Å². The van der Waals surface area contributed by atoms with Gasteiger partial charge >= 0.3 is 0 Å². The van der Waals surface area contributed by atoms with Gasteiger partial charge < -0.3 is 10.2 Å². The number of nitrogens with zero attached hydrogens (tertiary/aromatic N) is 1. The van der Waals surface area contributed by atoms with E-state index in [0.717, 1.165) is 17.9 Å². The first-order valence-corrected chi connectivity index (χ1v) is 5.88. The summed E-state index contributed by atoms with van der Waals surface area (Å²) in [6.07, 6.45) is 7.13. The van der Waals surface area contributed by atoms with Gasteiger partial charge in [0.1, 0.15) is 5.76 Å². The van der Waals surface area contributed by atoms with Crippen LogP contribution in [0.1, 0.15) is 37.0 Å². The molecule has 1 aromatic heterocycles. The number of likely N-dealkylation sites (tertiary alicyclic amines) is 1. The van der Waals surface area contributed by atoms with Crippen LogP contribution in [-0.4, -0.2) is 18.0 Å². The number of nitrogens with two attached hydrogens (primary N) is 1. The van der Waals surface area contributed by atoms with Crippen molar-refractivity contribution in [3.8, 4) is 0 Å². The second-order valence-electron chi connectivity index (χ2n) is 4.26. The monoisotopic (exact) mass is 208 g/mol. The van der Waals surface area contributed by atoms with Crippen molar-refractivity contribution in [3.63, 3.8) is 0 Å². The van der Waals surface area contributed by atoms with Crippen molar-refractivity contribution < 1.29 is 4.42 Å². The minimum absolute atomic E-state index is 0.583. The Morgan fingerprint density at radius 2 is 1.93 bits per heavy atom. The van der Waals surface area contributed by atoms with Crippen molar-refractivity contribution in [3.05, 3.63) is 23.7 Å². The minimum Gasteiger partial charge on any atom is -0.468 e. The summed E-state index contributed by atoms with van der Waals surface area (Å²) in [5, 5.41) is 0. The number of hydrogen-bond acceptors (Lipinski definition) is 3. The van der Waals surface area contributed by atoms with Crippen molar-refractivity contribution in [1.29, 1.82) is 0 Å². The average Bonchev–Trinajstić information content (AvgIpc) is 2.53. The van der Waals surface area contributed by atoms with Crippen LogP contribution < -0.4 is 5.73 Å². The van der Waals surface area contributed by atoms with Gasteiger partial charge in [0, 0.05) is 12.1 Å². The van der Waals surface area contributed by atoms with E-state index in [2.05, 4.69) is 4.90 Å². The highest BCUT2D eigenvalue weighted by Gasteiger charge is 2.13. The second-order valence-corrected chi connectivity index (χ2v) is 4.26. The molecule has 0 unspecified atom stereocenters. The minimum atomic E-state index is 0.583. The Kier molecular flexibility index (Phi) is 3.80. The average molecular weight is 208 g/mol. The topological polar surface area (TPSA) is 42.4 Å². The summed E-state index contributed by atoms with van der Waals surface area (Å²) >= 11 is 0. The van der Waals surface area contributed by atoms with E-state index >= 15 is 0 Å². The van der Waals surface area contributed by atoms with Gasteiger partial charge in [-0.25, -0.2) is 0 Å². The maximum absolute atomic E-state index is 5.65. The van der Waals surface area contributed by atoms with E-state index in [0.29, 0.717) is 6.54 Å². The summed E-state index contributed by atoms with van der Waals surface area (Å²) in [5.74, 6) is 1.06. The highest BCUT2D eigenvalue weighted by Crippen LogP contribution is 2.16. The molecule has 1 aliphatic heterocycles. The van der Waals surface area contributed by atoms with Crippen LogP contribution in [0.4, 0.5) is 0 Å². The molecule has 3 nitrogen and oxygen atoms in total. The van der Waals surface area contributed by atoms with Crippen LogP contribution in [0.25, 0.3) is 0 Å². The highest BCUT2D eigenvalue weighted by atomic mass is 16.3. The van der Waals surface area contributed by atoms with Gasteiger partial charge in [-0.05, 0) is 32.0 Å². The van der Waals surface area contributed by atoms with E-state index in [-0.39, 0.29) is 0 Å². The summed E-state index contributed by atoms with van der Waals surface area (Å²) < 4.78 is 5.48. The van der Waals surface area contributed by atoms with Crippen LogP contribution in [0, 0.1) is 0 Å². The summed E-state index contributed by atoms with van der Waals surface area (Å²) in [5.41, 5.74) is 6.80. The molecule has 0 aromatic carbocycles. The SMILES string of the molecule is NCc1ccoc1CN1CCCCCC1. The van der Waals surface area contributed by atoms with E-state index in [9.17, 15) is 0 Å². The zero-order valence-corrected chi connectivity index (χ0v) is 9.24. The quantitative estimate of drug-likeness (QED) is 0.827. The molecule has 1 fully saturated rings. The van der Waals surface area contributed by atoms with Crippen molar-refractivity contribution in [2.75, 3.05) is 13.1 Å². The molecule has 0 bridgehead atoms. The first-order valence-electron chi connectivity index (χ1n) is 5.88.